The van der Waals surface area contributed by atoms with Crippen molar-refractivity contribution in [2.45, 2.75) is 20.4 Å². The van der Waals surface area contributed by atoms with Crippen molar-refractivity contribution < 1.29 is 14.2 Å². The minimum absolute atomic E-state index is 0.262. The van der Waals surface area contributed by atoms with Gasteiger partial charge in [-0.25, -0.2) is 9.98 Å². The van der Waals surface area contributed by atoms with E-state index < -0.39 is 0 Å². The van der Waals surface area contributed by atoms with Crippen molar-refractivity contribution in [3.8, 4) is 17.4 Å². The van der Waals surface area contributed by atoms with Crippen molar-refractivity contribution in [2.24, 2.45) is 16.6 Å². The average molecular weight is 393 g/mol. The van der Waals surface area contributed by atoms with Crippen LogP contribution in [0.2, 0.25) is 5.02 Å². The van der Waals surface area contributed by atoms with Crippen LogP contribution in [0, 0.1) is 5.92 Å². The smallest absolute Gasteiger partial charge is 0.232 e. The van der Waals surface area contributed by atoms with E-state index in [2.05, 4.69) is 29.1 Å². The second-order valence-electron chi connectivity index (χ2n) is 6.23. The molecule has 2 aromatic rings. The molecule has 0 saturated heterocycles. The topological polar surface area (TPSA) is 91.0 Å². The molecule has 8 heteroatoms. The zero-order valence-electron chi connectivity index (χ0n) is 16.0. The monoisotopic (exact) mass is 392 g/mol. The third-order valence-corrected chi connectivity index (χ3v) is 3.78. The maximum Gasteiger partial charge on any atom is 0.232 e. The van der Waals surface area contributed by atoms with Gasteiger partial charge in [0.15, 0.2) is 17.5 Å². The zero-order chi connectivity index (χ0) is 19.8. The fraction of sp³-hybridized carbons (Fsp3) is 0.368. The molecule has 0 aliphatic carbocycles. The number of rotatable bonds is 8. The van der Waals surface area contributed by atoms with Crippen molar-refractivity contribution in [2.75, 3.05) is 26.1 Å². The van der Waals surface area contributed by atoms with E-state index in [1.54, 1.807) is 38.6 Å². The number of anilines is 1. The SMILES string of the molecule is COc1ccc(NC(N)=NCc2cnc(OCC(C)C)c(Cl)c2)cc1OC. The highest BCUT2D eigenvalue weighted by Crippen LogP contribution is 2.29. The highest BCUT2D eigenvalue weighted by Gasteiger charge is 2.07. The first-order valence-corrected chi connectivity index (χ1v) is 8.87. The Morgan fingerprint density at radius 2 is 1.96 bits per heavy atom. The Bertz CT molecular complexity index is 797. The molecule has 7 nitrogen and oxygen atoms in total. The van der Waals surface area contributed by atoms with Crippen LogP contribution >= 0.6 is 11.6 Å². The summed E-state index contributed by atoms with van der Waals surface area (Å²) in [7, 11) is 3.16. The van der Waals surface area contributed by atoms with Gasteiger partial charge in [-0.05, 0) is 29.7 Å². The Labute approximate surface area is 164 Å². The summed E-state index contributed by atoms with van der Waals surface area (Å²) in [5, 5.41) is 3.46. The molecule has 1 aromatic carbocycles. The molecule has 0 amide bonds. The summed E-state index contributed by atoms with van der Waals surface area (Å²) in [4.78, 5) is 8.54. The van der Waals surface area contributed by atoms with Crippen LogP contribution in [0.15, 0.2) is 35.5 Å². The number of nitrogens with one attached hydrogen (secondary N) is 1. The number of nitrogens with two attached hydrogens (primary N) is 1. The van der Waals surface area contributed by atoms with Gasteiger partial charge < -0.3 is 25.3 Å². The first kappa shape index (κ1) is 20.6. The van der Waals surface area contributed by atoms with Gasteiger partial charge in [0.1, 0.15) is 5.02 Å². The summed E-state index contributed by atoms with van der Waals surface area (Å²) in [6, 6.07) is 7.16. The van der Waals surface area contributed by atoms with Gasteiger partial charge in [0.25, 0.3) is 0 Å². The first-order valence-electron chi connectivity index (χ1n) is 8.49. The number of pyridine rings is 1. The van der Waals surface area contributed by atoms with Crippen LogP contribution in [-0.4, -0.2) is 31.8 Å². The molecule has 1 aromatic heterocycles. The highest BCUT2D eigenvalue weighted by molar-refractivity contribution is 6.31. The molecular weight excluding hydrogens is 368 g/mol. The number of hydrogen-bond acceptors (Lipinski definition) is 5. The van der Waals surface area contributed by atoms with Gasteiger partial charge in [-0.3, -0.25) is 0 Å². The van der Waals surface area contributed by atoms with E-state index in [0.717, 1.165) is 11.3 Å². The third-order valence-electron chi connectivity index (χ3n) is 3.51. The molecule has 146 valence electrons. The molecule has 0 fully saturated rings. The van der Waals surface area contributed by atoms with E-state index in [-0.39, 0.29) is 5.96 Å². The van der Waals surface area contributed by atoms with Crippen LogP contribution in [-0.2, 0) is 6.54 Å². The third kappa shape index (κ3) is 6.21. The number of hydrogen-bond donors (Lipinski definition) is 2. The summed E-state index contributed by atoms with van der Waals surface area (Å²) in [6.45, 7) is 5.02. The van der Waals surface area contributed by atoms with Crippen LogP contribution in [0.4, 0.5) is 5.69 Å². The molecule has 0 bridgehead atoms. The Hall–Kier alpha value is -2.67. The van der Waals surface area contributed by atoms with Crippen molar-refractivity contribution in [1.29, 1.82) is 0 Å². The van der Waals surface area contributed by atoms with E-state index in [0.29, 0.717) is 41.5 Å². The predicted molar refractivity (Wildman–Crippen MR) is 108 cm³/mol. The van der Waals surface area contributed by atoms with Crippen LogP contribution < -0.4 is 25.3 Å². The lowest BCUT2D eigenvalue weighted by Gasteiger charge is -2.11. The first-order chi connectivity index (χ1) is 12.9. The number of aliphatic imine (C=N–C) groups is 1. The van der Waals surface area contributed by atoms with Crippen molar-refractivity contribution >= 4 is 23.2 Å². The Morgan fingerprint density at radius 3 is 2.59 bits per heavy atom. The number of methoxy groups -OCH3 is 2. The summed E-state index contributed by atoms with van der Waals surface area (Å²) < 4.78 is 16.0. The van der Waals surface area contributed by atoms with Crippen molar-refractivity contribution in [3.05, 3.63) is 41.0 Å². The van der Waals surface area contributed by atoms with Crippen LogP contribution in [0.25, 0.3) is 0 Å². The van der Waals surface area contributed by atoms with Gasteiger partial charge in [-0.15, -0.1) is 0 Å². The Morgan fingerprint density at radius 1 is 1.22 bits per heavy atom. The lowest BCUT2D eigenvalue weighted by molar-refractivity contribution is 0.261. The lowest BCUT2D eigenvalue weighted by Crippen LogP contribution is -2.22. The quantitative estimate of drug-likeness (QED) is 0.525. The standard InChI is InChI=1S/C19H25ClN4O3/c1-12(2)11-27-18-15(20)7-13(9-22-18)10-23-19(21)24-14-5-6-16(25-3)17(8-14)26-4/h5-9,12H,10-11H2,1-4H3,(H3,21,23,24). The van der Waals surface area contributed by atoms with Gasteiger partial charge in [0.05, 0.1) is 27.4 Å². The summed E-state index contributed by atoms with van der Waals surface area (Å²) >= 11 is 6.21. The van der Waals surface area contributed by atoms with E-state index >= 15 is 0 Å². The number of nitrogens with zero attached hydrogens (tertiary/aromatic N) is 2. The minimum Gasteiger partial charge on any atom is -0.493 e. The molecule has 0 spiro atoms. The van der Waals surface area contributed by atoms with Crippen LogP contribution in [0.1, 0.15) is 19.4 Å². The number of aromatic nitrogens is 1. The molecule has 1 heterocycles. The molecule has 2 rings (SSSR count). The second-order valence-corrected chi connectivity index (χ2v) is 6.64. The minimum atomic E-state index is 0.262. The summed E-state index contributed by atoms with van der Waals surface area (Å²) in [5.41, 5.74) is 7.52. The molecule has 3 N–H and O–H groups in total. The van der Waals surface area contributed by atoms with E-state index in [4.69, 9.17) is 31.5 Å². The average Bonchev–Trinajstić information content (AvgIpc) is 2.65. The van der Waals surface area contributed by atoms with Crippen LogP contribution in [0.5, 0.6) is 17.4 Å². The summed E-state index contributed by atoms with van der Waals surface area (Å²) in [5.74, 6) is 2.32. The number of benzene rings is 1. The molecule has 0 atom stereocenters. The van der Waals surface area contributed by atoms with E-state index in [9.17, 15) is 0 Å². The lowest BCUT2D eigenvalue weighted by atomic mass is 10.2. The molecular formula is C19H25ClN4O3. The van der Waals surface area contributed by atoms with Gasteiger partial charge in [0.2, 0.25) is 5.88 Å². The van der Waals surface area contributed by atoms with E-state index in [1.807, 2.05) is 6.07 Å². The van der Waals surface area contributed by atoms with Crippen molar-refractivity contribution in [3.63, 3.8) is 0 Å². The maximum absolute atomic E-state index is 6.21. The maximum atomic E-state index is 6.21. The molecule has 0 aliphatic heterocycles. The molecule has 27 heavy (non-hydrogen) atoms. The van der Waals surface area contributed by atoms with Gasteiger partial charge in [-0.2, -0.15) is 0 Å². The van der Waals surface area contributed by atoms with Crippen molar-refractivity contribution in [1.82, 2.24) is 4.98 Å². The van der Waals surface area contributed by atoms with Gasteiger partial charge in [0, 0.05) is 18.0 Å². The number of ether oxygens (including phenoxy) is 3. The molecule has 0 radical (unpaired) electrons. The summed E-state index contributed by atoms with van der Waals surface area (Å²) in [6.07, 6.45) is 1.68. The zero-order valence-corrected chi connectivity index (χ0v) is 16.7. The molecule has 0 unspecified atom stereocenters. The normalized spacial score (nSPS) is 11.4. The number of guanidine groups is 1. The second kappa shape index (κ2) is 9.87. The fourth-order valence-electron chi connectivity index (χ4n) is 2.18. The fourth-order valence-corrected chi connectivity index (χ4v) is 2.42. The molecule has 0 saturated carbocycles. The molecule has 0 aliphatic rings. The largest absolute Gasteiger partial charge is 0.493 e. The van der Waals surface area contributed by atoms with Gasteiger partial charge >= 0.3 is 0 Å². The van der Waals surface area contributed by atoms with Crippen LogP contribution in [0.3, 0.4) is 0 Å². The predicted octanol–water partition coefficient (Wildman–Crippen LogP) is 3.71. The number of halogens is 1. The Kier molecular flexibility index (Phi) is 7.55. The Balaban J connectivity index is 2.00. The highest BCUT2D eigenvalue weighted by atomic mass is 35.5. The van der Waals surface area contributed by atoms with E-state index in [1.165, 1.54) is 0 Å². The van der Waals surface area contributed by atoms with Gasteiger partial charge in [-0.1, -0.05) is 25.4 Å².